The number of nitrogens with zero attached hydrogens (tertiary/aromatic N) is 4. The summed E-state index contributed by atoms with van der Waals surface area (Å²) in [6.45, 7) is 1.95. The van der Waals surface area contributed by atoms with Crippen molar-refractivity contribution < 1.29 is 0 Å². The van der Waals surface area contributed by atoms with E-state index in [-0.39, 0.29) is 0 Å². The Bertz CT molecular complexity index is 466. The molecule has 0 amide bonds. The molecule has 0 spiro atoms. The summed E-state index contributed by atoms with van der Waals surface area (Å²) < 4.78 is 3.59. The Morgan fingerprint density at radius 3 is 2.50 bits per heavy atom. The SMILES string of the molecule is Cc1c(-c2nccn2C)nn(C)c1N. The van der Waals surface area contributed by atoms with Crippen molar-refractivity contribution in [3.63, 3.8) is 0 Å². The third-order valence-electron chi connectivity index (χ3n) is 2.37. The van der Waals surface area contributed by atoms with Crippen LogP contribution in [-0.2, 0) is 14.1 Å². The first-order valence-electron chi connectivity index (χ1n) is 4.38. The zero-order valence-electron chi connectivity index (χ0n) is 8.52. The fourth-order valence-electron chi connectivity index (χ4n) is 1.45. The highest BCUT2D eigenvalue weighted by atomic mass is 15.3. The van der Waals surface area contributed by atoms with Gasteiger partial charge >= 0.3 is 0 Å². The van der Waals surface area contributed by atoms with E-state index in [2.05, 4.69) is 10.1 Å². The van der Waals surface area contributed by atoms with E-state index in [0.29, 0.717) is 5.82 Å². The number of aromatic nitrogens is 4. The molecule has 0 aliphatic carbocycles. The number of nitrogens with two attached hydrogens (primary N) is 1. The smallest absolute Gasteiger partial charge is 0.160 e. The minimum atomic E-state index is 0.683. The third kappa shape index (κ3) is 1.09. The highest BCUT2D eigenvalue weighted by Crippen LogP contribution is 2.23. The molecule has 0 unspecified atom stereocenters. The van der Waals surface area contributed by atoms with Crippen LogP contribution in [0.3, 0.4) is 0 Å². The molecular formula is C9H13N5. The molecule has 0 aliphatic rings. The molecule has 5 nitrogen and oxygen atoms in total. The largest absolute Gasteiger partial charge is 0.384 e. The third-order valence-corrected chi connectivity index (χ3v) is 2.37. The fraction of sp³-hybridized carbons (Fsp3) is 0.333. The molecule has 0 aliphatic heterocycles. The van der Waals surface area contributed by atoms with Gasteiger partial charge in [0.1, 0.15) is 11.5 Å². The zero-order chi connectivity index (χ0) is 10.3. The van der Waals surface area contributed by atoms with Crippen molar-refractivity contribution in [2.24, 2.45) is 14.1 Å². The first-order chi connectivity index (χ1) is 6.61. The Kier molecular flexibility index (Phi) is 1.80. The van der Waals surface area contributed by atoms with E-state index in [1.165, 1.54) is 0 Å². The van der Waals surface area contributed by atoms with Gasteiger partial charge in [0, 0.05) is 32.1 Å². The average Bonchev–Trinajstić information content (AvgIpc) is 2.66. The van der Waals surface area contributed by atoms with E-state index in [1.807, 2.05) is 31.8 Å². The molecule has 0 bridgehead atoms. The van der Waals surface area contributed by atoms with Gasteiger partial charge in [0.25, 0.3) is 0 Å². The fourth-order valence-corrected chi connectivity index (χ4v) is 1.45. The molecule has 0 atom stereocenters. The van der Waals surface area contributed by atoms with Crippen molar-refractivity contribution in [3.8, 4) is 11.5 Å². The number of anilines is 1. The lowest BCUT2D eigenvalue weighted by Crippen LogP contribution is -1.97. The van der Waals surface area contributed by atoms with E-state index in [9.17, 15) is 0 Å². The van der Waals surface area contributed by atoms with Crippen molar-refractivity contribution in [2.45, 2.75) is 6.92 Å². The predicted molar refractivity (Wildman–Crippen MR) is 54.6 cm³/mol. The van der Waals surface area contributed by atoms with Crippen molar-refractivity contribution in [2.75, 3.05) is 5.73 Å². The topological polar surface area (TPSA) is 61.7 Å². The molecule has 14 heavy (non-hydrogen) atoms. The molecule has 2 aromatic heterocycles. The summed E-state index contributed by atoms with van der Waals surface area (Å²) in [5, 5.41) is 4.32. The van der Waals surface area contributed by atoms with E-state index in [0.717, 1.165) is 17.1 Å². The summed E-state index contributed by atoms with van der Waals surface area (Å²) in [7, 11) is 3.77. The zero-order valence-corrected chi connectivity index (χ0v) is 8.52. The van der Waals surface area contributed by atoms with Gasteiger partial charge in [-0.3, -0.25) is 4.68 Å². The summed E-state index contributed by atoms with van der Waals surface area (Å²) in [5.41, 5.74) is 7.64. The van der Waals surface area contributed by atoms with Crippen LogP contribution in [0.4, 0.5) is 5.82 Å². The number of hydrogen-bond donors (Lipinski definition) is 1. The lowest BCUT2D eigenvalue weighted by atomic mass is 10.2. The summed E-state index contributed by atoms with van der Waals surface area (Å²) in [4.78, 5) is 4.23. The van der Waals surface area contributed by atoms with Gasteiger partial charge in [0.2, 0.25) is 0 Å². The van der Waals surface area contributed by atoms with Crippen molar-refractivity contribution in [1.82, 2.24) is 19.3 Å². The minimum Gasteiger partial charge on any atom is -0.384 e. The van der Waals surface area contributed by atoms with Crippen LogP contribution >= 0.6 is 0 Å². The Morgan fingerprint density at radius 2 is 2.07 bits per heavy atom. The number of nitrogen functional groups attached to an aromatic ring is 1. The van der Waals surface area contributed by atoms with Crippen LogP contribution in [0.25, 0.3) is 11.5 Å². The molecule has 5 heteroatoms. The van der Waals surface area contributed by atoms with E-state index in [4.69, 9.17) is 5.73 Å². The van der Waals surface area contributed by atoms with Gasteiger partial charge in [-0.25, -0.2) is 4.98 Å². The number of aryl methyl sites for hydroxylation is 2. The van der Waals surface area contributed by atoms with Crippen molar-refractivity contribution in [1.29, 1.82) is 0 Å². The summed E-state index contributed by atoms with van der Waals surface area (Å²) in [6, 6.07) is 0. The van der Waals surface area contributed by atoms with E-state index >= 15 is 0 Å². The van der Waals surface area contributed by atoms with Gasteiger partial charge in [-0.2, -0.15) is 5.10 Å². The standard InChI is InChI=1S/C9H13N5/c1-6-7(12-14(3)8(6)10)9-11-4-5-13(9)2/h4-5H,10H2,1-3H3. The monoisotopic (exact) mass is 191 g/mol. The van der Waals surface area contributed by atoms with Gasteiger partial charge in [0.15, 0.2) is 5.82 Å². The van der Waals surface area contributed by atoms with Crippen LogP contribution in [-0.4, -0.2) is 19.3 Å². The number of rotatable bonds is 1. The first-order valence-corrected chi connectivity index (χ1v) is 4.38. The molecule has 2 rings (SSSR count). The number of imidazole rings is 1. The molecule has 0 saturated heterocycles. The molecular weight excluding hydrogens is 178 g/mol. The lowest BCUT2D eigenvalue weighted by molar-refractivity contribution is 0.776. The molecule has 74 valence electrons. The second kappa shape index (κ2) is 2.87. The Morgan fingerprint density at radius 1 is 1.36 bits per heavy atom. The summed E-state index contributed by atoms with van der Waals surface area (Å²) in [6.07, 6.45) is 3.64. The Labute approximate surface area is 82.2 Å². The van der Waals surface area contributed by atoms with E-state index < -0.39 is 0 Å². The van der Waals surface area contributed by atoms with Crippen LogP contribution in [0.15, 0.2) is 12.4 Å². The highest BCUT2D eigenvalue weighted by molar-refractivity contribution is 5.62. The molecule has 2 N–H and O–H groups in total. The normalized spacial score (nSPS) is 10.8. The van der Waals surface area contributed by atoms with Crippen LogP contribution in [0.5, 0.6) is 0 Å². The maximum atomic E-state index is 5.82. The second-order valence-corrected chi connectivity index (χ2v) is 3.34. The van der Waals surface area contributed by atoms with Gasteiger partial charge < -0.3 is 10.3 Å². The van der Waals surface area contributed by atoms with Crippen LogP contribution < -0.4 is 5.73 Å². The quantitative estimate of drug-likeness (QED) is 0.722. The van der Waals surface area contributed by atoms with Gasteiger partial charge in [-0.05, 0) is 6.92 Å². The number of hydrogen-bond acceptors (Lipinski definition) is 3. The average molecular weight is 191 g/mol. The van der Waals surface area contributed by atoms with Crippen LogP contribution in [0.2, 0.25) is 0 Å². The molecule has 0 saturated carbocycles. The van der Waals surface area contributed by atoms with Crippen LogP contribution in [0.1, 0.15) is 5.56 Å². The molecule has 0 aromatic carbocycles. The van der Waals surface area contributed by atoms with Crippen molar-refractivity contribution >= 4 is 5.82 Å². The van der Waals surface area contributed by atoms with Crippen LogP contribution in [0, 0.1) is 6.92 Å². The minimum absolute atomic E-state index is 0.683. The lowest BCUT2D eigenvalue weighted by Gasteiger charge is -1.97. The Balaban J connectivity index is 2.63. The molecule has 0 fully saturated rings. The van der Waals surface area contributed by atoms with Gasteiger partial charge in [-0.15, -0.1) is 0 Å². The predicted octanol–water partition coefficient (Wildman–Crippen LogP) is 0.711. The molecule has 0 radical (unpaired) electrons. The van der Waals surface area contributed by atoms with Gasteiger partial charge in [-0.1, -0.05) is 0 Å². The molecule has 2 aromatic rings. The van der Waals surface area contributed by atoms with Crippen molar-refractivity contribution in [3.05, 3.63) is 18.0 Å². The molecule has 2 heterocycles. The summed E-state index contributed by atoms with van der Waals surface area (Å²) >= 11 is 0. The highest BCUT2D eigenvalue weighted by Gasteiger charge is 2.14. The second-order valence-electron chi connectivity index (χ2n) is 3.34. The first kappa shape index (κ1) is 8.80. The van der Waals surface area contributed by atoms with Gasteiger partial charge in [0.05, 0.1) is 0 Å². The maximum absolute atomic E-state index is 5.82. The maximum Gasteiger partial charge on any atom is 0.160 e. The summed E-state index contributed by atoms with van der Waals surface area (Å²) in [5.74, 6) is 1.53. The van der Waals surface area contributed by atoms with E-state index in [1.54, 1.807) is 10.9 Å². The Hall–Kier alpha value is -1.78.